The van der Waals surface area contributed by atoms with Gasteiger partial charge < -0.3 is 24.9 Å². The summed E-state index contributed by atoms with van der Waals surface area (Å²) in [5.41, 5.74) is 4.94. The summed E-state index contributed by atoms with van der Waals surface area (Å²) in [6, 6.07) is 20.3. The number of nitrogens with one attached hydrogen (secondary N) is 3. The van der Waals surface area contributed by atoms with Crippen molar-refractivity contribution in [1.82, 2.24) is 30.1 Å². The van der Waals surface area contributed by atoms with Crippen molar-refractivity contribution < 1.29 is 14.3 Å². The van der Waals surface area contributed by atoms with Crippen molar-refractivity contribution in [2.45, 2.75) is 32.2 Å². The van der Waals surface area contributed by atoms with Crippen LogP contribution in [0, 0.1) is 6.92 Å². The van der Waals surface area contributed by atoms with Gasteiger partial charge in [0, 0.05) is 55.3 Å². The van der Waals surface area contributed by atoms with E-state index in [4.69, 9.17) is 9.72 Å². The standard InChI is InChI=1S/C34H38N6O3/c1-22-27(28-18-26(43-3)12-13-29(28)37-22)19-33(42)40-16-15-39(14-6-9-32(41)35-2)21-31(40)34-36-20-30(38-34)25-11-10-23-7-4-5-8-24(23)17-25/h4-5,7-8,10-13,17-18,20,31,37H,6,9,14-16,19,21H2,1-3H3,(H,35,41)(H,36,38). The van der Waals surface area contributed by atoms with E-state index in [1.807, 2.05) is 48.4 Å². The van der Waals surface area contributed by atoms with Gasteiger partial charge in [0.05, 0.1) is 25.4 Å². The molecular weight excluding hydrogens is 540 g/mol. The van der Waals surface area contributed by atoms with Gasteiger partial charge in [-0.25, -0.2) is 4.98 Å². The zero-order valence-corrected chi connectivity index (χ0v) is 24.9. The Bertz CT molecular complexity index is 1770. The van der Waals surface area contributed by atoms with Crippen molar-refractivity contribution in [2.24, 2.45) is 0 Å². The molecular formula is C34H38N6O3. The van der Waals surface area contributed by atoms with Gasteiger partial charge in [0.1, 0.15) is 17.6 Å². The van der Waals surface area contributed by atoms with Crippen LogP contribution in [-0.2, 0) is 16.0 Å². The molecule has 3 heterocycles. The maximum absolute atomic E-state index is 14.0. The second-order valence-electron chi connectivity index (χ2n) is 11.2. The Labute approximate surface area is 251 Å². The lowest BCUT2D eigenvalue weighted by Gasteiger charge is -2.40. The second kappa shape index (κ2) is 12.3. The SMILES string of the molecule is CNC(=O)CCCN1CCN(C(=O)Cc2c(C)[nH]c3ccc(OC)cc23)C(c2ncc(-c3ccc4ccccc4c3)[nH]2)C1. The predicted octanol–water partition coefficient (Wildman–Crippen LogP) is 4.98. The summed E-state index contributed by atoms with van der Waals surface area (Å²) in [6.45, 7) is 4.77. The quantitative estimate of drug-likeness (QED) is 0.229. The normalized spacial score (nSPS) is 15.7. The maximum atomic E-state index is 14.0. The zero-order valence-electron chi connectivity index (χ0n) is 24.9. The molecule has 0 saturated carbocycles. The zero-order chi connectivity index (χ0) is 29.9. The largest absolute Gasteiger partial charge is 0.497 e. The number of imidazole rings is 1. The molecule has 3 aromatic carbocycles. The topological polar surface area (TPSA) is 106 Å². The van der Waals surface area contributed by atoms with Gasteiger partial charge in [-0.15, -0.1) is 0 Å². The molecule has 3 N–H and O–H groups in total. The number of aryl methyl sites for hydroxylation is 1. The molecule has 9 nitrogen and oxygen atoms in total. The van der Waals surface area contributed by atoms with Crippen LogP contribution in [0.4, 0.5) is 0 Å². The molecule has 0 aliphatic carbocycles. The van der Waals surface area contributed by atoms with E-state index in [-0.39, 0.29) is 24.3 Å². The molecule has 6 rings (SSSR count). The highest BCUT2D eigenvalue weighted by Gasteiger charge is 2.34. The van der Waals surface area contributed by atoms with Gasteiger partial charge in [0.15, 0.2) is 0 Å². The Balaban J connectivity index is 1.27. The highest BCUT2D eigenvalue weighted by molar-refractivity contribution is 5.91. The summed E-state index contributed by atoms with van der Waals surface area (Å²) in [5, 5.41) is 6.06. The third-order valence-corrected chi connectivity index (χ3v) is 8.57. The minimum Gasteiger partial charge on any atom is -0.497 e. The van der Waals surface area contributed by atoms with Crippen LogP contribution < -0.4 is 10.1 Å². The number of hydrogen-bond donors (Lipinski definition) is 3. The van der Waals surface area contributed by atoms with E-state index < -0.39 is 0 Å². The average molecular weight is 579 g/mol. The van der Waals surface area contributed by atoms with E-state index in [0.717, 1.165) is 64.5 Å². The third kappa shape index (κ3) is 5.99. The Morgan fingerprint density at radius 1 is 1.05 bits per heavy atom. The summed E-state index contributed by atoms with van der Waals surface area (Å²) >= 11 is 0. The van der Waals surface area contributed by atoms with Crippen LogP contribution in [0.25, 0.3) is 32.9 Å². The number of nitrogens with zero attached hydrogens (tertiary/aromatic N) is 3. The van der Waals surface area contributed by atoms with Crippen LogP contribution in [-0.4, -0.2) is 76.9 Å². The molecule has 1 atom stereocenters. The molecule has 0 radical (unpaired) electrons. The van der Waals surface area contributed by atoms with E-state index in [1.165, 1.54) is 10.8 Å². The number of H-pyrrole nitrogens is 2. The van der Waals surface area contributed by atoms with E-state index in [2.05, 4.69) is 50.5 Å². The van der Waals surface area contributed by atoms with Gasteiger partial charge in [-0.3, -0.25) is 14.5 Å². The van der Waals surface area contributed by atoms with Crippen LogP contribution in [0.15, 0.2) is 66.9 Å². The molecule has 1 unspecified atom stereocenters. The van der Waals surface area contributed by atoms with Gasteiger partial charge in [0.2, 0.25) is 11.8 Å². The molecule has 1 aliphatic rings. The van der Waals surface area contributed by atoms with Crippen molar-refractivity contribution >= 4 is 33.5 Å². The number of carbonyl (C=O) groups excluding carboxylic acids is 2. The number of piperazine rings is 1. The summed E-state index contributed by atoms with van der Waals surface area (Å²) < 4.78 is 5.46. The molecule has 222 valence electrons. The molecule has 43 heavy (non-hydrogen) atoms. The number of carbonyl (C=O) groups is 2. The molecule has 1 aliphatic heterocycles. The van der Waals surface area contributed by atoms with Crippen molar-refractivity contribution in [3.05, 3.63) is 83.9 Å². The Morgan fingerprint density at radius 3 is 2.70 bits per heavy atom. The maximum Gasteiger partial charge on any atom is 0.227 e. The minimum atomic E-state index is -0.240. The fraction of sp³-hybridized carbons (Fsp3) is 0.324. The number of aromatic nitrogens is 3. The van der Waals surface area contributed by atoms with Crippen LogP contribution in [0.3, 0.4) is 0 Å². The van der Waals surface area contributed by atoms with Crippen LogP contribution in [0.2, 0.25) is 0 Å². The fourth-order valence-corrected chi connectivity index (χ4v) is 6.14. The van der Waals surface area contributed by atoms with Crippen LogP contribution in [0.1, 0.15) is 36.0 Å². The van der Waals surface area contributed by atoms with E-state index in [9.17, 15) is 9.59 Å². The molecule has 9 heteroatoms. The summed E-state index contributed by atoms with van der Waals surface area (Å²) in [7, 11) is 3.32. The first-order chi connectivity index (χ1) is 20.9. The summed E-state index contributed by atoms with van der Waals surface area (Å²) in [6.07, 6.45) is 3.39. The molecule has 5 aromatic rings. The van der Waals surface area contributed by atoms with E-state index in [1.54, 1.807) is 14.2 Å². The van der Waals surface area contributed by atoms with Crippen LogP contribution in [0.5, 0.6) is 5.75 Å². The molecule has 2 aromatic heterocycles. The number of ether oxygens (including phenoxy) is 1. The van der Waals surface area contributed by atoms with Crippen molar-refractivity contribution in [1.29, 1.82) is 0 Å². The smallest absolute Gasteiger partial charge is 0.227 e. The molecule has 0 spiro atoms. The van der Waals surface area contributed by atoms with Gasteiger partial charge in [-0.05, 0) is 60.5 Å². The lowest BCUT2D eigenvalue weighted by Crippen LogP contribution is -2.51. The van der Waals surface area contributed by atoms with Gasteiger partial charge >= 0.3 is 0 Å². The van der Waals surface area contributed by atoms with Crippen molar-refractivity contribution in [3.8, 4) is 17.0 Å². The summed E-state index contributed by atoms with van der Waals surface area (Å²) in [5.74, 6) is 1.64. The minimum absolute atomic E-state index is 0.0437. The number of benzene rings is 3. The van der Waals surface area contributed by atoms with Crippen molar-refractivity contribution in [3.63, 3.8) is 0 Å². The Kier molecular flexibility index (Phi) is 8.16. The second-order valence-corrected chi connectivity index (χ2v) is 11.2. The Hall–Kier alpha value is -4.63. The number of amides is 2. The first kappa shape index (κ1) is 28.5. The van der Waals surface area contributed by atoms with Gasteiger partial charge in [-0.2, -0.15) is 0 Å². The first-order valence-electron chi connectivity index (χ1n) is 14.8. The summed E-state index contributed by atoms with van der Waals surface area (Å²) in [4.78, 5) is 41.9. The predicted molar refractivity (Wildman–Crippen MR) is 169 cm³/mol. The molecule has 1 saturated heterocycles. The highest BCUT2D eigenvalue weighted by atomic mass is 16.5. The van der Waals surface area contributed by atoms with Gasteiger partial charge in [0.25, 0.3) is 0 Å². The van der Waals surface area contributed by atoms with Crippen LogP contribution >= 0.6 is 0 Å². The number of methoxy groups -OCH3 is 1. The average Bonchev–Trinajstić information content (AvgIpc) is 3.65. The van der Waals surface area contributed by atoms with E-state index in [0.29, 0.717) is 19.5 Å². The molecule has 1 fully saturated rings. The lowest BCUT2D eigenvalue weighted by molar-refractivity contribution is -0.135. The highest BCUT2D eigenvalue weighted by Crippen LogP contribution is 2.31. The number of hydrogen-bond acceptors (Lipinski definition) is 5. The first-order valence-corrected chi connectivity index (χ1v) is 14.8. The fourth-order valence-electron chi connectivity index (χ4n) is 6.14. The third-order valence-electron chi connectivity index (χ3n) is 8.57. The molecule has 2 amide bonds. The van der Waals surface area contributed by atoms with Gasteiger partial charge in [-0.1, -0.05) is 36.4 Å². The number of rotatable bonds is 9. The van der Waals surface area contributed by atoms with E-state index >= 15 is 0 Å². The number of aromatic amines is 2. The Morgan fingerprint density at radius 2 is 1.88 bits per heavy atom. The lowest BCUT2D eigenvalue weighted by atomic mass is 10.0. The monoisotopic (exact) mass is 578 g/mol. The van der Waals surface area contributed by atoms with Crippen molar-refractivity contribution in [2.75, 3.05) is 40.3 Å². The number of fused-ring (bicyclic) bond motifs is 2. The molecule has 0 bridgehead atoms.